The zero-order valence-corrected chi connectivity index (χ0v) is 11.9. The van der Waals surface area contributed by atoms with Crippen molar-refractivity contribution in [1.29, 1.82) is 0 Å². The van der Waals surface area contributed by atoms with Crippen LogP contribution in [0, 0.1) is 0 Å². The summed E-state index contributed by atoms with van der Waals surface area (Å²) in [6.07, 6.45) is 2.31. The number of carboxylic acid groups (broad SMARTS) is 1. The first-order valence-corrected chi connectivity index (χ1v) is 7.09. The fraction of sp³-hybridized carbons (Fsp3) is 0.400. The standard InChI is InChI=1S/C15H18N4O2/c1-19-8-4-5-10(19)9-16-13-11-6-2-3-7-12(11)17-18-14(13)15(20)21/h2-3,6-7,10H,4-5,8-9H2,1H3,(H,16,17)(H,20,21). The lowest BCUT2D eigenvalue weighted by molar-refractivity contribution is 0.0690. The van der Waals surface area contributed by atoms with E-state index >= 15 is 0 Å². The maximum absolute atomic E-state index is 11.4. The van der Waals surface area contributed by atoms with E-state index in [9.17, 15) is 9.90 Å². The molecule has 1 fully saturated rings. The highest BCUT2D eigenvalue weighted by Gasteiger charge is 2.22. The topological polar surface area (TPSA) is 78.4 Å². The van der Waals surface area contributed by atoms with Crippen LogP contribution in [0.1, 0.15) is 23.3 Å². The molecule has 2 aromatic rings. The van der Waals surface area contributed by atoms with E-state index in [1.54, 1.807) is 0 Å². The van der Waals surface area contributed by atoms with E-state index in [1.165, 1.54) is 6.42 Å². The minimum Gasteiger partial charge on any atom is -0.476 e. The Hall–Kier alpha value is -2.21. The lowest BCUT2D eigenvalue weighted by Crippen LogP contribution is -2.32. The Bertz CT molecular complexity index is 674. The molecular formula is C15H18N4O2. The van der Waals surface area contributed by atoms with Crippen LogP contribution < -0.4 is 5.32 Å². The molecule has 0 aliphatic carbocycles. The van der Waals surface area contributed by atoms with E-state index in [4.69, 9.17) is 0 Å². The first kappa shape index (κ1) is 13.8. The number of nitrogens with zero attached hydrogens (tertiary/aromatic N) is 3. The number of anilines is 1. The molecule has 1 aromatic carbocycles. The lowest BCUT2D eigenvalue weighted by atomic mass is 10.1. The van der Waals surface area contributed by atoms with E-state index < -0.39 is 5.97 Å². The third-order valence-electron chi connectivity index (χ3n) is 4.06. The van der Waals surface area contributed by atoms with Gasteiger partial charge in [0.2, 0.25) is 0 Å². The average molecular weight is 286 g/mol. The SMILES string of the molecule is CN1CCCC1CNc1c(C(=O)O)nnc2ccccc12. The number of carboxylic acids is 1. The van der Waals surface area contributed by atoms with Crippen molar-refractivity contribution < 1.29 is 9.90 Å². The van der Waals surface area contributed by atoms with Crippen LogP contribution in [-0.4, -0.2) is 52.4 Å². The van der Waals surface area contributed by atoms with Gasteiger partial charge in [-0.15, -0.1) is 10.2 Å². The number of hydrogen-bond acceptors (Lipinski definition) is 5. The summed E-state index contributed by atoms with van der Waals surface area (Å²) < 4.78 is 0. The number of fused-ring (bicyclic) bond motifs is 1. The zero-order chi connectivity index (χ0) is 14.8. The molecule has 1 aromatic heterocycles. The number of aromatic carboxylic acids is 1. The fourth-order valence-corrected chi connectivity index (χ4v) is 2.84. The average Bonchev–Trinajstić information content (AvgIpc) is 2.89. The van der Waals surface area contributed by atoms with Crippen LogP contribution in [0.25, 0.3) is 10.9 Å². The molecule has 0 amide bonds. The Labute approximate surface area is 122 Å². The number of nitrogens with one attached hydrogen (secondary N) is 1. The second-order valence-electron chi connectivity index (χ2n) is 5.40. The van der Waals surface area contributed by atoms with Gasteiger partial charge in [0.15, 0.2) is 5.69 Å². The molecule has 1 saturated heterocycles. The van der Waals surface area contributed by atoms with Crippen LogP contribution in [0.2, 0.25) is 0 Å². The van der Waals surface area contributed by atoms with Crippen LogP contribution in [0.3, 0.4) is 0 Å². The van der Waals surface area contributed by atoms with Crippen molar-refractivity contribution in [3.8, 4) is 0 Å². The Kier molecular flexibility index (Phi) is 3.70. The third kappa shape index (κ3) is 2.67. The largest absolute Gasteiger partial charge is 0.476 e. The summed E-state index contributed by atoms with van der Waals surface area (Å²) in [6, 6.07) is 7.88. The molecule has 0 saturated carbocycles. The van der Waals surface area contributed by atoms with Gasteiger partial charge in [0.05, 0.1) is 11.2 Å². The molecule has 0 bridgehead atoms. The van der Waals surface area contributed by atoms with Gasteiger partial charge in [-0.3, -0.25) is 0 Å². The summed E-state index contributed by atoms with van der Waals surface area (Å²) in [5.74, 6) is -1.06. The van der Waals surface area contributed by atoms with Crippen molar-refractivity contribution >= 4 is 22.6 Å². The van der Waals surface area contributed by atoms with Crippen molar-refractivity contribution in [1.82, 2.24) is 15.1 Å². The van der Waals surface area contributed by atoms with Gasteiger partial charge in [-0.05, 0) is 32.5 Å². The molecule has 6 nitrogen and oxygen atoms in total. The summed E-state index contributed by atoms with van der Waals surface area (Å²) in [6.45, 7) is 1.81. The minimum atomic E-state index is -1.06. The van der Waals surface area contributed by atoms with Crippen molar-refractivity contribution in [2.45, 2.75) is 18.9 Å². The highest BCUT2D eigenvalue weighted by Crippen LogP contribution is 2.25. The lowest BCUT2D eigenvalue weighted by Gasteiger charge is -2.21. The number of aromatic nitrogens is 2. The summed E-state index contributed by atoms with van der Waals surface area (Å²) >= 11 is 0. The first-order chi connectivity index (χ1) is 10.2. The Morgan fingerprint density at radius 1 is 1.43 bits per heavy atom. The van der Waals surface area contributed by atoms with Gasteiger partial charge in [0.25, 0.3) is 0 Å². The minimum absolute atomic E-state index is 0.0191. The molecule has 21 heavy (non-hydrogen) atoms. The first-order valence-electron chi connectivity index (χ1n) is 7.09. The maximum Gasteiger partial charge on any atom is 0.358 e. The van der Waals surface area contributed by atoms with Gasteiger partial charge in [0.1, 0.15) is 0 Å². The number of carbonyl (C=O) groups is 1. The number of hydrogen-bond donors (Lipinski definition) is 2. The molecule has 1 aliphatic heterocycles. The van der Waals surface area contributed by atoms with Crippen molar-refractivity contribution in [3.63, 3.8) is 0 Å². The number of benzene rings is 1. The second kappa shape index (κ2) is 5.65. The van der Waals surface area contributed by atoms with Gasteiger partial charge in [-0.25, -0.2) is 4.79 Å². The molecule has 3 rings (SSSR count). The van der Waals surface area contributed by atoms with Crippen molar-refractivity contribution in [2.75, 3.05) is 25.5 Å². The summed E-state index contributed by atoms with van der Waals surface area (Å²) in [7, 11) is 2.10. The summed E-state index contributed by atoms with van der Waals surface area (Å²) in [5, 5.41) is 21.2. The highest BCUT2D eigenvalue weighted by molar-refractivity contribution is 6.02. The second-order valence-corrected chi connectivity index (χ2v) is 5.40. The molecule has 1 unspecified atom stereocenters. The van der Waals surface area contributed by atoms with Crippen LogP contribution in [0.4, 0.5) is 5.69 Å². The van der Waals surface area contributed by atoms with E-state index in [0.717, 1.165) is 18.4 Å². The van der Waals surface area contributed by atoms with Crippen LogP contribution in [-0.2, 0) is 0 Å². The van der Waals surface area contributed by atoms with Crippen LogP contribution >= 0.6 is 0 Å². The summed E-state index contributed by atoms with van der Waals surface area (Å²) in [5.41, 5.74) is 1.24. The highest BCUT2D eigenvalue weighted by atomic mass is 16.4. The van der Waals surface area contributed by atoms with Crippen LogP contribution in [0.15, 0.2) is 24.3 Å². The van der Waals surface area contributed by atoms with Crippen LogP contribution in [0.5, 0.6) is 0 Å². The predicted octanol–water partition coefficient (Wildman–Crippen LogP) is 1.83. The van der Waals surface area contributed by atoms with Gasteiger partial charge < -0.3 is 15.3 Å². The smallest absolute Gasteiger partial charge is 0.358 e. The molecule has 6 heteroatoms. The summed E-state index contributed by atoms with van der Waals surface area (Å²) in [4.78, 5) is 13.7. The predicted molar refractivity (Wildman–Crippen MR) is 80.6 cm³/mol. The maximum atomic E-state index is 11.4. The number of likely N-dealkylation sites (tertiary alicyclic amines) is 1. The van der Waals surface area contributed by atoms with E-state index in [-0.39, 0.29) is 5.69 Å². The quantitative estimate of drug-likeness (QED) is 0.893. The number of rotatable bonds is 4. The van der Waals surface area contributed by atoms with Crippen molar-refractivity contribution in [2.24, 2.45) is 0 Å². The Balaban J connectivity index is 1.94. The van der Waals surface area contributed by atoms with Gasteiger partial charge in [-0.2, -0.15) is 0 Å². The third-order valence-corrected chi connectivity index (χ3v) is 4.06. The van der Waals surface area contributed by atoms with Gasteiger partial charge >= 0.3 is 5.97 Å². The molecule has 2 N–H and O–H groups in total. The number of likely N-dealkylation sites (N-methyl/N-ethyl adjacent to an activating group) is 1. The van der Waals surface area contributed by atoms with Gasteiger partial charge in [0, 0.05) is 18.0 Å². The normalized spacial score (nSPS) is 19.0. The fourth-order valence-electron chi connectivity index (χ4n) is 2.84. The molecular weight excluding hydrogens is 268 g/mol. The molecule has 1 aliphatic rings. The monoisotopic (exact) mass is 286 g/mol. The molecule has 2 heterocycles. The van der Waals surface area contributed by atoms with E-state index in [2.05, 4.69) is 27.5 Å². The zero-order valence-electron chi connectivity index (χ0n) is 11.9. The Morgan fingerprint density at radius 3 is 2.95 bits per heavy atom. The van der Waals surface area contributed by atoms with Gasteiger partial charge in [-0.1, -0.05) is 18.2 Å². The van der Waals surface area contributed by atoms with E-state index in [0.29, 0.717) is 23.8 Å². The van der Waals surface area contributed by atoms with E-state index in [1.807, 2.05) is 24.3 Å². The molecule has 0 radical (unpaired) electrons. The molecule has 0 spiro atoms. The molecule has 110 valence electrons. The molecule has 1 atom stereocenters. The Morgan fingerprint density at radius 2 is 2.24 bits per heavy atom. The van der Waals surface area contributed by atoms with Crippen molar-refractivity contribution in [3.05, 3.63) is 30.0 Å².